The Balaban J connectivity index is 0.000000237. The number of hydrogen-bond donors (Lipinski definition) is 5. The van der Waals surface area contributed by atoms with Crippen molar-refractivity contribution in [1.82, 2.24) is 10.1 Å². The van der Waals surface area contributed by atoms with E-state index in [1.807, 2.05) is 0 Å². The lowest BCUT2D eigenvalue weighted by Crippen LogP contribution is -2.56. The van der Waals surface area contributed by atoms with Gasteiger partial charge in [-0.2, -0.15) is 0 Å². The SMILES string of the molecule is CON=C(N)N(OC)C(=O)S.N=C(N)N(OC12CC3CC(CC(C3)C1)C2)C(=O)S. The number of nitrogens with one attached hydrogen (secondary N) is 1. The Bertz CT molecular complexity index is 627. The largest absolute Gasteiger partial charge is 0.396 e. The summed E-state index contributed by atoms with van der Waals surface area (Å²) in [5.74, 6) is 1.57. The average molecular weight is 449 g/mol. The summed E-state index contributed by atoms with van der Waals surface area (Å²) in [6.45, 7) is 0. The van der Waals surface area contributed by atoms with Crippen LogP contribution < -0.4 is 11.5 Å². The number of hydrogen-bond acceptors (Lipinski definition) is 7. The zero-order valence-corrected chi connectivity index (χ0v) is 18.2. The van der Waals surface area contributed by atoms with Crippen LogP contribution in [0.3, 0.4) is 0 Å². The molecule has 5 N–H and O–H groups in total. The summed E-state index contributed by atoms with van der Waals surface area (Å²) in [4.78, 5) is 36.5. The van der Waals surface area contributed by atoms with Crippen LogP contribution in [0.4, 0.5) is 9.59 Å². The van der Waals surface area contributed by atoms with Crippen molar-refractivity contribution in [3.63, 3.8) is 0 Å². The first-order valence-electron chi connectivity index (χ1n) is 9.10. The van der Waals surface area contributed by atoms with Crippen molar-refractivity contribution < 1.29 is 24.1 Å². The molecule has 0 heterocycles. The van der Waals surface area contributed by atoms with E-state index in [-0.39, 0.29) is 17.5 Å². The van der Waals surface area contributed by atoms with Crippen LogP contribution in [0.15, 0.2) is 5.16 Å². The number of nitrogens with two attached hydrogens (primary N) is 2. The second kappa shape index (κ2) is 9.87. The Morgan fingerprint density at radius 3 is 1.76 bits per heavy atom. The van der Waals surface area contributed by atoms with E-state index >= 15 is 0 Å². The van der Waals surface area contributed by atoms with Crippen LogP contribution in [0.5, 0.6) is 0 Å². The molecule has 0 radical (unpaired) electrons. The van der Waals surface area contributed by atoms with Crippen molar-refractivity contribution in [1.29, 1.82) is 5.41 Å². The van der Waals surface area contributed by atoms with Gasteiger partial charge in [0, 0.05) is 0 Å². The number of amides is 2. The van der Waals surface area contributed by atoms with Crippen LogP contribution in [0.1, 0.15) is 38.5 Å². The van der Waals surface area contributed by atoms with Gasteiger partial charge in [0.05, 0.1) is 12.7 Å². The molecule has 0 unspecified atom stereocenters. The lowest BCUT2D eigenvalue weighted by atomic mass is 9.54. The van der Waals surface area contributed by atoms with Crippen LogP contribution in [0, 0.1) is 23.2 Å². The Labute approximate surface area is 180 Å². The molecule has 4 rings (SSSR count). The third-order valence-electron chi connectivity index (χ3n) is 5.41. The molecule has 4 saturated carbocycles. The predicted molar refractivity (Wildman–Crippen MR) is 112 cm³/mol. The minimum absolute atomic E-state index is 0.213. The van der Waals surface area contributed by atoms with Gasteiger partial charge in [-0.25, -0.2) is 0 Å². The minimum Gasteiger partial charge on any atom is -0.396 e. The van der Waals surface area contributed by atoms with Crippen LogP contribution in [0.25, 0.3) is 0 Å². The molecule has 0 atom stereocenters. The molecule has 4 fully saturated rings. The maximum atomic E-state index is 11.4. The van der Waals surface area contributed by atoms with Crippen LogP contribution in [-0.2, 0) is 14.5 Å². The van der Waals surface area contributed by atoms with Crippen LogP contribution >= 0.6 is 25.3 Å². The fraction of sp³-hybridized carbons (Fsp3) is 0.750. The van der Waals surface area contributed by atoms with E-state index in [0.29, 0.717) is 5.06 Å². The molecule has 0 saturated heterocycles. The number of thiol groups is 2. The molecule has 0 aromatic heterocycles. The highest BCUT2D eigenvalue weighted by atomic mass is 32.1. The van der Waals surface area contributed by atoms with Crippen molar-refractivity contribution in [3.8, 4) is 0 Å². The molecular weight excluding hydrogens is 420 g/mol. The average Bonchev–Trinajstić information content (AvgIpc) is 2.59. The molecule has 164 valence electrons. The molecule has 0 aromatic rings. The molecule has 4 aliphatic carbocycles. The summed E-state index contributed by atoms with van der Waals surface area (Å²) in [7, 11) is 2.55. The van der Waals surface area contributed by atoms with Crippen molar-refractivity contribution in [3.05, 3.63) is 0 Å². The number of carbonyl (C=O) groups excluding carboxylic acids is 2. The summed E-state index contributed by atoms with van der Waals surface area (Å²) in [6.07, 6.45) is 6.88. The monoisotopic (exact) mass is 448 g/mol. The van der Waals surface area contributed by atoms with E-state index in [2.05, 4.69) is 40.1 Å². The van der Waals surface area contributed by atoms with Gasteiger partial charge in [-0.15, -0.1) is 10.1 Å². The molecular formula is C16H28N6O5S2. The molecule has 0 aromatic carbocycles. The van der Waals surface area contributed by atoms with E-state index in [0.717, 1.165) is 42.1 Å². The second-order valence-electron chi connectivity index (χ2n) is 7.55. The first-order chi connectivity index (χ1) is 13.6. The van der Waals surface area contributed by atoms with E-state index < -0.39 is 10.5 Å². The Morgan fingerprint density at radius 1 is 1.00 bits per heavy atom. The quantitative estimate of drug-likeness (QED) is 0.190. The van der Waals surface area contributed by atoms with E-state index in [4.69, 9.17) is 21.7 Å². The number of hydroxylamine groups is 4. The first kappa shape index (κ1) is 23.6. The van der Waals surface area contributed by atoms with Gasteiger partial charge in [-0.3, -0.25) is 24.7 Å². The number of nitrogens with zero attached hydrogens (tertiary/aromatic N) is 3. The zero-order chi connectivity index (χ0) is 21.8. The van der Waals surface area contributed by atoms with E-state index in [9.17, 15) is 9.59 Å². The summed E-state index contributed by atoms with van der Waals surface area (Å²) < 4.78 is 0. The Morgan fingerprint density at radius 2 is 1.45 bits per heavy atom. The number of oxime groups is 1. The highest BCUT2D eigenvalue weighted by molar-refractivity contribution is 7.96. The van der Waals surface area contributed by atoms with Gasteiger partial charge in [-0.05, 0) is 61.4 Å². The summed E-state index contributed by atoms with van der Waals surface area (Å²) >= 11 is 7.17. The van der Waals surface area contributed by atoms with Gasteiger partial charge in [0.2, 0.25) is 5.96 Å². The van der Waals surface area contributed by atoms with Crippen molar-refractivity contribution in [2.24, 2.45) is 34.4 Å². The fourth-order valence-corrected chi connectivity index (χ4v) is 5.26. The third-order valence-corrected chi connectivity index (χ3v) is 5.77. The molecule has 4 aliphatic rings. The molecule has 2 amide bonds. The molecule has 4 bridgehead atoms. The topological polar surface area (TPSA) is 157 Å². The van der Waals surface area contributed by atoms with Crippen molar-refractivity contribution in [2.75, 3.05) is 14.2 Å². The highest BCUT2D eigenvalue weighted by Gasteiger charge is 2.53. The van der Waals surface area contributed by atoms with Gasteiger partial charge in [0.1, 0.15) is 7.11 Å². The summed E-state index contributed by atoms with van der Waals surface area (Å²) in [5.41, 5.74) is 10.3. The molecule has 29 heavy (non-hydrogen) atoms. The van der Waals surface area contributed by atoms with E-state index in [1.54, 1.807) is 0 Å². The summed E-state index contributed by atoms with van der Waals surface area (Å²) in [5, 5.41) is 10.9. The Kier molecular flexibility index (Phi) is 8.02. The number of rotatable bonds is 4. The van der Waals surface area contributed by atoms with Gasteiger partial charge < -0.3 is 16.3 Å². The van der Waals surface area contributed by atoms with Gasteiger partial charge in [0.15, 0.2) is 0 Å². The normalized spacial score (nSPS) is 29.5. The van der Waals surface area contributed by atoms with Crippen molar-refractivity contribution in [2.45, 2.75) is 44.1 Å². The van der Waals surface area contributed by atoms with Gasteiger partial charge in [0.25, 0.3) is 5.96 Å². The molecule has 11 nitrogen and oxygen atoms in total. The first-order valence-corrected chi connectivity index (χ1v) is 10.00. The van der Waals surface area contributed by atoms with Gasteiger partial charge >= 0.3 is 10.5 Å². The maximum absolute atomic E-state index is 11.4. The van der Waals surface area contributed by atoms with Crippen molar-refractivity contribution >= 4 is 47.7 Å². The molecule has 0 spiro atoms. The summed E-state index contributed by atoms with van der Waals surface area (Å²) in [6, 6.07) is 0. The standard InChI is InChI=1S/C12H19N3O2S.C4H9N3O3S/c13-10(14)15(11(16)18)17-12-4-7-1-8(5-12)3-9(2-7)6-12;1-9-6-3(5)7(10-2)4(8)11/h7-9H,1-6H2,(H3,13,14)(H,16,18);1-2H3,(H2,5,6)(H,8,11). The smallest absolute Gasteiger partial charge is 0.309 e. The number of carbonyl (C=O) groups is 2. The highest BCUT2D eigenvalue weighted by Crippen LogP contribution is 2.57. The van der Waals surface area contributed by atoms with Gasteiger partial charge in [-0.1, -0.05) is 25.3 Å². The lowest BCUT2D eigenvalue weighted by Gasteiger charge is -2.56. The maximum Gasteiger partial charge on any atom is 0.309 e. The zero-order valence-electron chi connectivity index (χ0n) is 16.4. The third kappa shape index (κ3) is 5.90. The lowest BCUT2D eigenvalue weighted by molar-refractivity contribution is -0.238. The molecule has 0 aliphatic heterocycles. The second-order valence-corrected chi connectivity index (χ2v) is 8.31. The molecule has 13 heteroatoms. The predicted octanol–water partition coefficient (Wildman–Crippen LogP) is 1.91. The van der Waals surface area contributed by atoms with Crippen LogP contribution in [-0.4, -0.2) is 52.3 Å². The fourth-order valence-electron chi connectivity index (χ4n) is 4.93. The minimum atomic E-state index is -0.675. The Hall–Kier alpha value is -1.70. The van der Waals surface area contributed by atoms with Crippen LogP contribution in [0.2, 0.25) is 0 Å². The van der Waals surface area contributed by atoms with E-state index in [1.165, 1.54) is 33.5 Å². The number of guanidine groups is 2.